The fraction of sp³-hybridized carbons (Fsp3) is 0.630. The van der Waals surface area contributed by atoms with E-state index in [9.17, 15) is 9.59 Å². The molecule has 5 rings (SSSR count). The molecule has 3 aliphatic rings. The van der Waals surface area contributed by atoms with Crippen molar-refractivity contribution in [1.29, 1.82) is 0 Å². The SMILES string of the molecule is C[C@@H]1CCC[C@H](C)N1C(=O)C1CCCN(C2CCN(C(=O)c3c(N)sc4ccccc34)CC2)C1. The number of thiophene rings is 1. The van der Waals surface area contributed by atoms with Gasteiger partial charge in [-0.1, -0.05) is 18.2 Å². The second-order valence-corrected chi connectivity index (χ2v) is 11.7. The summed E-state index contributed by atoms with van der Waals surface area (Å²) in [5.74, 6) is 0.554. The fourth-order valence-electron chi connectivity index (χ4n) is 6.48. The van der Waals surface area contributed by atoms with Crippen LogP contribution < -0.4 is 5.73 Å². The molecule has 3 saturated heterocycles. The summed E-state index contributed by atoms with van der Waals surface area (Å²) in [4.78, 5) is 33.5. The van der Waals surface area contributed by atoms with Gasteiger partial charge in [-0.25, -0.2) is 0 Å². The number of rotatable bonds is 3. The van der Waals surface area contributed by atoms with Gasteiger partial charge in [0.2, 0.25) is 5.91 Å². The number of benzene rings is 1. The highest BCUT2D eigenvalue weighted by atomic mass is 32.1. The van der Waals surface area contributed by atoms with Gasteiger partial charge >= 0.3 is 0 Å². The number of hydrogen-bond donors (Lipinski definition) is 1. The Balaban J connectivity index is 1.20. The van der Waals surface area contributed by atoms with Gasteiger partial charge in [0.25, 0.3) is 5.91 Å². The zero-order valence-corrected chi connectivity index (χ0v) is 21.4. The lowest BCUT2D eigenvalue weighted by molar-refractivity contribution is -0.144. The van der Waals surface area contributed by atoms with Crippen LogP contribution in [-0.2, 0) is 4.79 Å². The monoisotopic (exact) mass is 482 g/mol. The zero-order chi connectivity index (χ0) is 23.8. The number of fused-ring (bicyclic) bond motifs is 1. The smallest absolute Gasteiger partial charge is 0.257 e. The first-order valence-electron chi connectivity index (χ1n) is 13.1. The van der Waals surface area contributed by atoms with Crippen LogP contribution in [0.1, 0.15) is 69.2 Å². The largest absolute Gasteiger partial charge is 0.390 e. The second-order valence-electron chi connectivity index (χ2n) is 10.6. The van der Waals surface area contributed by atoms with Crippen molar-refractivity contribution < 1.29 is 9.59 Å². The van der Waals surface area contributed by atoms with Gasteiger partial charge < -0.3 is 15.5 Å². The standard InChI is InChI=1S/C27H38N4O2S/c1-18-7-5-8-19(2)31(18)26(32)20-9-6-14-30(17-20)21-12-15-29(16-13-21)27(33)24-22-10-3-4-11-23(22)34-25(24)28/h3-4,10-11,18-21H,5-9,12-17,28H2,1-2H3/t18-,19+,20?. The minimum Gasteiger partial charge on any atom is -0.390 e. The highest BCUT2D eigenvalue weighted by Gasteiger charge is 2.38. The Labute approximate surface area is 207 Å². The molecule has 2 N–H and O–H groups in total. The summed E-state index contributed by atoms with van der Waals surface area (Å²) in [6.07, 6.45) is 7.51. The molecule has 1 aromatic heterocycles. The number of piperidine rings is 3. The average molecular weight is 483 g/mol. The van der Waals surface area contributed by atoms with Crippen LogP contribution in [0.5, 0.6) is 0 Å². The number of amides is 2. The topological polar surface area (TPSA) is 69.9 Å². The van der Waals surface area contributed by atoms with E-state index in [2.05, 4.69) is 23.6 Å². The Bertz CT molecular complexity index is 1030. The van der Waals surface area contributed by atoms with Crippen LogP contribution in [0.3, 0.4) is 0 Å². The van der Waals surface area contributed by atoms with E-state index in [0.717, 1.165) is 74.8 Å². The first-order valence-corrected chi connectivity index (χ1v) is 13.9. The molecule has 3 atom stereocenters. The van der Waals surface area contributed by atoms with E-state index in [4.69, 9.17) is 5.73 Å². The Kier molecular flexibility index (Phi) is 6.85. The summed E-state index contributed by atoms with van der Waals surface area (Å²) in [6.45, 7) is 7.87. The maximum absolute atomic E-state index is 13.4. The molecular formula is C27H38N4O2S. The number of nitrogens with zero attached hydrogens (tertiary/aromatic N) is 3. The predicted molar refractivity (Wildman–Crippen MR) is 139 cm³/mol. The molecule has 0 aliphatic carbocycles. The normalized spacial score (nSPS) is 27.3. The molecule has 6 nitrogen and oxygen atoms in total. The van der Waals surface area contributed by atoms with Crippen molar-refractivity contribution in [3.63, 3.8) is 0 Å². The number of hydrogen-bond acceptors (Lipinski definition) is 5. The summed E-state index contributed by atoms with van der Waals surface area (Å²) in [5.41, 5.74) is 6.93. The van der Waals surface area contributed by atoms with Gasteiger partial charge in [0.05, 0.1) is 16.5 Å². The molecule has 0 radical (unpaired) electrons. The number of anilines is 1. The average Bonchev–Trinajstić information content (AvgIpc) is 3.19. The minimum atomic E-state index is 0.0631. The molecule has 1 unspecified atom stereocenters. The molecule has 2 amide bonds. The Morgan fingerprint density at radius 2 is 1.65 bits per heavy atom. The molecular weight excluding hydrogens is 444 g/mol. The zero-order valence-electron chi connectivity index (χ0n) is 20.5. The van der Waals surface area contributed by atoms with E-state index in [0.29, 0.717) is 34.6 Å². The van der Waals surface area contributed by atoms with Crippen LogP contribution in [0.2, 0.25) is 0 Å². The summed E-state index contributed by atoms with van der Waals surface area (Å²) >= 11 is 1.50. The minimum absolute atomic E-state index is 0.0631. The lowest BCUT2D eigenvalue weighted by Crippen LogP contribution is -2.55. The van der Waals surface area contributed by atoms with Crippen molar-refractivity contribution >= 4 is 38.2 Å². The Morgan fingerprint density at radius 1 is 0.941 bits per heavy atom. The van der Waals surface area contributed by atoms with Gasteiger partial charge in [-0.15, -0.1) is 11.3 Å². The number of nitrogen functional groups attached to an aromatic ring is 1. The van der Waals surface area contributed by atoms with E-state index in [1.165, 1.54) is 17.8 Å². The summed E-state index contributed by atoms with van der Waals surface area (Å²) in [6, 6.07) is 9.16. The molecule has 0 bridgehead atoms. The van der Waals surface area contributed by atoms with Gasteiger partial charge in [0.1, 0.15) is 0 Å². The number of nitrogens with two attached hydrogens (primary N) is 1. The summed E-state index contributed by atoms with van der Waals surface area (Å²) in [7, 11) is 0. The van der Waals surface area contributed by atoms with Crippen LogP contribution in [0.4, 0.5) is 5.00 Å². The van der Waals surface area contributed by atoms with Crippen molar-refractivity contribution in [3.8, 4) is 0 Å². The summed E-state index contributed by atoms with van der Waals surface area (Å²) in [5, 5.41) is 1.59. The number of likely N-dealkylation sites (tertiary alicyclic amines) is 3. The molecule has 4 heterocycles. The number of carbonyl (C=O) groups is 2. The Hall–Kier alpha value is -2.12. The lowest BCUT2D eigenvalue weighted by atomic mass is 9.90. The van der Waals surface area contributed by atoms with Gasteiger partial charge in [-0.2, -0.15) is 0 Å². The van der Waals surface area contributed by atoms with Crippen LogP contribution in [0.15, 0.2) is 24.3 Å². The molecule has 3 aliphatic heterocycles. The van der Waals surface area contributed by atoms with Gasteiger partial charge in [0.15, 0.2) is 0 Å². The lowest BCUT2D eigenvalue weighted by Gasteiger charge is -2.45. The fourth-order valence-corrected chi connectivity index (χ4v) is 7.45. The molecule has 184 valence electrons. The Morgan fingerprint density at radius 3 is 2.38 bits per heavy atom. The van der Waals surface area contributed by atoms with Crippen LogP contribution in [0.25, 0.3) is 10.1 Å². The third-order valence-electron chi connectivity index (χ3n) is 8.35. The van der Waals surface area contributed by atoms with Crippen molar-refractivity contribution in [2.24, 2.45) is 5.92 Å². The first-order chi connectivity index (χ1) is 16.4. The molecule has 0 saturated carbocycles. The van der Waals surface area contributed by atoms with Crippen LogP contribution in [0, 0.1) is 5.92 Å². The third kappa shape index (κ3) is 4.44. The quantitative estimate of drug-likeness (QED) is 0.695. The van der Waals surface area contributed by atoms with E-state index >= 15 is 0 Å². The van der Waals surface area contributed by atoms with Crippen LogP contribution in [-0.4, -0.2) is 70.8 Å². The first kappa shape index (κ1) is 23.6. The second kappa shape index (κ2) is 9.86. The van der Waals surface area contributed by atoms with Gasteiger partial charge in [-0.3, -0.25) is 14.5 Å². The van der Waals surface area contributed by atoms with Crippen molar-refractivity contribution in [2.45, 2.75) is 76.9 Å². The predicted octanol–water partition coefficient (Wildman–Crippen LogP) is 4.59. The third-order valence-corrected chi connectivity index (χ3v) is 9.35. The summed E-state index contributed by atoms with van der Waals surface area (Å²) < 4.78 is 1.07. The van der Waals surface area contributed by atoms with Gasteiger partial charge in [0, 0.05) is 47.8 Å². The molecule has 0 spiro atoms. The van der Waals surface area contributed by atoms with Crippen LogP contribution >= 0.6 is 11.3 Å². The van der Waals surface area contributed by atoms with E-state index < -0.39 is 0 Å². The van der Waals surface area contributed by atoms with Crippen molar-refractivity contribution in [1.82, 2.24) is 14.7 Å². The van der Waals surface area contributed by atoms with E-state index in [1.54, 1.807) is 0 Å². The molecule has 3 fully saturated rings. The van der Waals surface area contributed by atoms with E-state index in [1.807, 2.05) is 29.2 Å². The van der Waals surface area contributed by atoms with Crippen molar-refractivity contribution in [2.75, 3.05) is 31.9 Å². The van der Waals surface area contributed by atoms with Gasteiger partial charge in [-0.05, 0) is 71.4 Å². The molecule has 2 aromatic rings. The molecule has 34 heavy (non-hydrogen) atoms. The highest BCUT2D eigenvalue weighted by Crippen LogP contribution is 2.35. The maximum Gasteiger partial charge on any atom is 0.257 e. The van der Waals surface area contributed by atoms with E-state index in [-0.39, 0.29) is 11.8 Å². The highest BCUT2D eigenvalue weighted by molar-refractivity contribution is 7.23. The number of carbonyl (C=O) groups excluding carboxylic acids is 2. The molecule has 1 aromatic carbocycles. The van der Waals surface area contributed by atoms with Crippen molar-refractivity contribution in [3.05, 3.63) is 29.8 Å². The molecule has 7 heteroatoms. The maximum atomic E-state index is 13.4.